The number of fused-ring (bicyclic) bond motifs is 2. The Morgan fingerprint density at radius 3 is 2.93 bits per heavy atom. The molecule has 6 heteroatoms. The van der Waals surface area contributed by atoms with Gasteiger partial charge in [-0.05, 0) is 17.5 Å². The van der Waals surface area contributed by atoms with Gasteiger partial charge in [0.2, 0.25) is 5.95 Å². The summed E-state index contributed by atoms with van der Waals surface area (Å²) in [4.78, 5) is 16.5. The van der Waals surface area contributed by atoms with Crippen molar-refractivity contribution in [1.82, 2.24) is 19.5 Å². The minimum absolute atomic E-state index is 0.433. The van der Waals surface area contributed by atoms with Crippen LogP contribution >= 0.6 is 0 Å². The number of anilines is 1. The van der Waals surface area contributed by atoms with Crippen molar-refractivity contribution < 1.29 is 4.74 Å². The Balaban J connectivity index is 1.74. The predicted octanol–water partition coefficient (Wildman–Crippen LogP) is 2.53. The van der Waals surface area contributed by atoms with E-state index < -0.39 is 0 Å². The Morgan fingerprint density at radius 2 is 2.07 bits per heavy atom. The smallest absolute Gasteiger partial charge is 0.228 e. The largest absolute Gasteiger partial charge is 0.378 e. The first-order valence-electron chi connectivity index (χ1n) is 9.13. The molecule has 1 fully saturated rings. The van der Waals surface area contributed by atoms with Crippen molar-refractivity contribution in [3.63, 3.8) is 0 Å². The lowest BCUT2D eigenvalue weighted by molar-refractivity contribution is 0.122. The molecule has 0 N–H and O–H groups in total. The molecule has 1 aromatic carbocycles. The minimum atomic E-state index is 0.433. The van der Waals surface area contributed by atoms with Crippen molar-refractivity contribution >= 4 is 23.2 Å². The average molecular weight is 357 g/mol. The van der Waals surface area contributed by atoms with Gasteiger partial charge in [0.05, 0.1) is 26.1 Å². The summed E-state index contributed by atoms with van der Waals surface area (Å²) in [5.74, 6) is 3.39. The SMILES string of the molecule is C#CCn1cnc2c(-c3cccc4c3C=CC4)nc(N3CCOCC3)nc21. The molecule has 2 aliphatic rings. The maximum atomic E-state index is 5.54. The fourth-order valence-corrected chi connectivity index (χ4v) is 3.74. The van der Waals surface area contributed by atoms with Crippen LogP contribution in [0.2, 0.25) is 0 Å². The van der Waals surface area contributed by atoms with Crippen molar-refractivity contribution in [1.29, 1.82) is 0 Å². The van der Waals surface area contributed by atoms with Gasteiger partial charge in [-0.15, -0.1) is 6.42 Å². The molecular weight excluding hydrogens is 338 g/mol. The van der Waals surface area contributed by atoms with Crippen molar-refractivity contribution in [2.75, 3.05) is 31.2 Å². The van der Waals surface area contributed by atoms with E-state index in [-0.39, 0.29) is 0 Å². The topological polar surface area (TPSA) is 56.1 Å². The molecule has 2 aromatic heterocycles. The zero-order valence-corrected chi connectivity index (χ0v) is 14.9. The van der Waals surface area contributed by atoms with Gasteiger partial charge in [-0.25, -0.2) is 9.97 Å². The Bertz CT molecular complexity index is 1090. The first-order valence-corrected chi connectivity index (χ1v) is 9.13. The highest BCUT2D eigenvalue weighted by Crippen LogP contribution is 2.34. The summed E-state index contributed by atoms with van der Waals surface area (Å²) in [6.07, 6.45) is 12.6. The number of nitrogens with zero attached hydrogens (tertiary/aromatic N) is 5. The molecule has 0 unspecified atom stereocenters. The third kappa shape index (κ3) is 2.68. The highest BCUT2D eigenvalue weighted by atomic mass is 16.5. The molecule has 0 atom stereocenters. The van der Waals surface area contributed by atoms with Gasteiger partial charge in [0.25, 0.3) is 0 Å². The summed E-state index contributed by atoms with van der Waals surface area (Å²) >= 11 is 0. The van der Waals surface area contributed by atoms with Crippen LogP contribution in [-0.2, 0) is 17.7 Å². The van der Waals surface area contributed by atoms with E-state index in [9.17, 15) is 0 Å². The molecule has 27 heavy (non-hydrogen) atoms. The fraction of sp³-hybridized carbons (Fsp3) is 0.286. The zero-order chi connectivity index (χ0) is 18.2. The Hall–Kier alpha value is -3.17. The van der Waals surface area contributed by atoms with Gasteiger partial charge >= 0.3 is 0 Å². The van der Waals surface area contributed by atoms with Gasteiger partial charge in [-0.3, -0.25) is 0 Å². The van der Waals surface area contributed by atoms with E-state index in [4.69, 9.17) is 21.1 Å². The molecule has 0 amide bonds. The number of aromatic nitrogens is 4. The van der Waals surface area contributed by atoms with Crippen LogP contribution in [0, 0.1) is 12.3 Å². The number of benzene rings is 1. The molecule has 3 aromatic rings. The average Bonchev–Trinajstić information content (AvgIpc) is 3.35. The lowest BCUT2D eigenvalue weighted by atomic mass is 10.0. The monoisotopic (exact) mass is 357 g/mol. The van der Waals surface area contributed by atoms with Crippen LogP contribution in [0.25, 0.3) is 28.5 Å². The molecule has 134 valence electrons. The predicted molar refractivity (Wildman–Crippen MR) is 105 cm³/mol. The standard InChI is InChI=1S/C21H19N5O/c1-2-9-26-14-22-19-18(17-8-4-6-15-5-3-7-16(15)17)23-21(24-20(19)26)25-10-12-27-13-11-25/h1,3-4,6-8,14H,5,9-13H2. The summed E-state index contributed by atoms with van der Waals surface area (Å²) in [6.45, 7) is 3.36. The number of allylic oxidation sites excluding steroid dienone is 1. The number of imidazole rings is 1. The zero-order valence-electron chi connectivity index (χ0n) is 14.9. The minimum Gasteiger partial charge on any atom is -0.378 e. The maximum absolute atomic E-state index is 5.54. The first-order chi connectivity index (χ1) is 13.3. The molecular formula is C21H19N5O. The van der Waals surface area contributed by atoms with E-state index in [1.807, 2.05) is 4.57 Å². The normalized spacial score (nSPS) is 15.9. The third-order valence-corrected chi connectivity index (χ3v) is 5.08. The quantitative estimate of drug-likeness (QED) is 0.674. The van der Waals surface area contributed by atoms with E-state index in [1.54, 1.807) is 6.33 Å². The van der Waals surface area contributed by atoms with Crippen molar-refractivity contribution in [2.45, 2.75) is 13.0 Å². The van der Waals surface area contributed by atoms with E-state index in [2.05, 4.69) is 46.2 Å². The molecule has 0 radical (unpaired) electrons. The Kier molecular flexibility index (Phi) is 3.88. The summed E-state index contributed by atoms with van der Waals surface area (Å²) in [5.41, 5.74) is 6.05. The van der Waals surface area contributed by atoms with Gasteiger partial charge in [0.15, 0.2) is 5.65 Å². The lowest BCUT2D eigenvalue weighted by Crippen LogP contribution is -2.37. The number of hydrogen-bond acceptors (Lipinski definition) is 5. The highest BCUT2D eigenvalue weighted by molar-refractivity contribution is 5.92. The third-order valence-electron chi connectivity index (χ3n) is 5.08. The van der Waals surface area contributed by atoms with E-state index in [0.717, 1.165) is 41.9 Å². The van der Waals surface area contributed by atoms with Gasteiger partial charge < -0.3 is 14.2 Å². The van der Waals surface area contributed by atoms with E-state index in [1.165, 1.54) is 11.1 Å². The molecule has 1 saturated heterocycles. The van der Waals surface area contributed by atoms with Crippen molar-refractivity contribution in [3.05, 3.63) is 41.7 Å². The molecule has 5 rings (SSSR count). The lowest BCUT2D eigenvalue weighted by Gasteiger charge is -2.27. The molecule has 0 saturated carbocycles. The van der Waals surface area contributed by atoms with Gasteiger partial charge in [0.1, 0.15) is 11.2 Å². The summed E-state index contributed by atoms with van der Waals surface area (Å²) in [6, 6.07) is 6.36. The van der Waals surface area contributed by atoms with Crippen LogP contribution in [0.5, 0.6) is 0 Å². The van der Waals surface area contributed by atoms with Crippen LogP contribution in [0.4, 0.5) is 5.95 Å². The number of morpholine rings is 1. The second kappa shape index (κ2) is 6.53. The Labute approximate surface area is 157 Å². The molecule has 6 nitrogen and oxygen atoms in total. The number of rotatable bonds is 3. The van der Waals surface area contributed by atoms with Crippen LogP contribution in [0.15, 0.2) is 30.6 Å². The summed E-state index contributed by atoms with van der Waals surface area (Å²) in [7, 11) is 0. The summed E-state index contributed by atoms with van der Waals surface area (Å²) in [5, 5.41) is 0. The van der Waals surface area contributed by atoms with Gasteiger partial charge in [-0.1, -0.05) is 36.3 Å². The van der Waals surface area contributed by atoms with E-state index >= 15 is 0 Å². The number of hydrogen-bond donors (Lipinski definition) is 0. The molecule has 3 heterocycles. The second-order valence-corrected chi connectivity index (χ2v) is 6.71. The molecule has 1 aliphatic heterocycles. The van der Waals surface area contributed by atoms with Crippen LogP contribution < -0.4 is 4.90 Å². The van der Waals surface area contributed by atoms with Crippen LogP contribution in [0.1, 0.15) is 11.1 Å². The fourth-order valence-electron chi connectivity index (χ4n) is 3.74. The van der Waals surface area contributed by atoms with E-state index in [0.29, 0.717) is 25.7 Å². The molecule has 0 bridgehead atoms. The summed E-state index contributed by atoms with van der Waals surface area (Å²) < 4.78 is 7.39. The van der Waals surface area contributed by atoms with Crippen LogP contribution in [-0.4, -0.2) is 45.8 Å². The van der Waals surface area contributed by atoms with Crippen molar-refractivity contribution in [2.24, 2.45) is 0 Å². The second-order valence-electron chi connectivity index (χ2n) is 6.71. The molecule has 1 aliphatic carbocycles. The molecule has 0 spiro atoms. The van der Waals surface area contributed by atoms with Crippen molar-refractivity contribution in [3.8, 4) is 23.6 Å². The van der Waals surface area contributed by atoms with Gasteiger partial charge in [0, 0.05) is 18.7 Å². The van der Waals surface area contributed by atoms with Gasteiger partial charge in [-0.2, -0.15) is 4.98 Å². The first kappa shape index (κ1) is 16.0. The maximum Gasteiger partial charge on any atom is 0.228 e. The van der Waals surface area contributed by atoms with Crippen LogP contribution in [0.3, 0.4) is 0 Å². The Morgan fingerprint density at radius 1 is 1.19 bits per heavy atom. The number of ether oxygens (including phenoxy) is 1. The number of terminal acetylenes is 1. The highest BCUT2D eigenvalue weighted by Gasteiger charge is 2.22.